The second-order valence-electron chi connectivity index (χ2n) is 12.3. The number of rotatable bonds is 6. The van der Waals surface area contributed by atoms with Crippen LogP contribution in [-0.4, -0.2) is 64.6 Å². The molecule has 0 amide bonds. The predicted molar refractivity (Wildman–Crippen MR) is 177 cm³/mol. The summed E-state index contributed by atoms with van der Waals surface area (Å²) >= 11 is 0. The van der Waals surface area contributed by atoms with Crippen LogP contribution in [0.25, 0.3) is 34.9 Å². The molecule has 6 rings (SSSR count). The predicted octanol–water partition coefficient (Wildman–Crippen LogP) is 2.86. The van der Waals surface area contributed by atoms with E-state index in [1.165, 1.54) is 7.11 Å². The van der Waals surface area contributed by atoms with Gasteiger partial charge in [-0.1, -0.05) is 78.6 Å². The Balaban J connectivity index is 0.00000417. The first kappa shape index (κ1) is 33.6. The average Bonchev–Trinajstić information content (AvgIpc) is 3.71. The van der Waals surface area contributed by atoms with Gasteiger partial charge in [-0.3, -0.25) is 14.4 Å². The van der Waals surface area contributed by atoms with Crippen LogP contribution in [0.5, 0.6) is 0 Å². The van der Waals surface area contributed by atoms with Crippen LogP contribution in [0.3, 0.4) is 0 Å². The molecule has 1 fully saturated rings. The van der Waals surface area contributed by atoms with Gasteiger partial charge in [-0.05, 0) is 51.0 Å². The molecule has 2 aromatic heterocycles. The van der Waals surface area contributed by atoms with Crippen molar-refractivity contribution in [3.8, 4) is 0 Å². The van der Waals surface area contributed by atoms with Crippen LogP contribution in [0.2, 0.25) is 0 Å². The number of hydrogen-bond donors (Lipinski definition) is 2. The van der Waals surface area contributed by atoms with E-state index >= 15 is 0 Å². The number of carbonyl (C=O) groups is 3. The molecular formula is C35H37MgN5O5-2. The van der Waals surface area contributed by atoms with Gasteiger partial charge in [-0.15, -0.1) is 33.5 Å². The van der Waals surface area contributed by atoms with Gasteiger partial charge in [0, 0.05) is 6.42 Å². The number of allylic oxidation sites excluding steroid dienone is 2. The zero-order valence-electron chi connectivity index (χ0n) is 27.1. The molecule has 5 heterocycles. The molecule has 0 spiro atoms. The summed E-state index contributed by atoms with van der Waals surface area (Å²) in [6, 6.07) is -0.722. The van der Waals surface area contributed by atoms with Crippen molar-refractivity contribution >= 4 is 65.1 Å². The first-order valence-electron chi connectivity index (χ1n) is 15.2. The van der Waals surface area contributed by atoms with Crippen LogP contribution in [0, 0.1) is 31.6 Å². The number of carbonyl (C=O) groups excluding carboxylic acids is 2. The number of aliphatic carboxylic acids is 1. The van der Waals surface area contributed by atoms with Gasteiger partial charge in [-0.25, -0.2) is 0 Å². The zero-order chi connectivity index (χ0) is 32.5. The molecule has 0 radical (unpaired) electrons. The fourth-order valence-corrected chi connectivity index (χ4v) is 7.45. The van der Waals surface area contributed by atoms with E-state index in [1.807, 2.05) is 39.0 Å². The first-order valence-corrected chi connectivity index (χ1v) is 15.2. The summed E-state index contributed by atoms with van der Waals surface area (Å²) in [5, 5.41) is 21.2. The van der Waals surface area contributed by atoms with Crippen LogP contribution in [0.1, 0.15) is 67.3 Å². The van der Waals surface area contributed by atoms with Crippen LogP contribution < -0.4 is 26.4 Å². The number of Topliss-reactive ketones (excluding diaryl/α,β-unsaturated/α-hetero) is 1. The third-order valence-corrected chi connectivity index (χ3v) is 10.1. The number of esters is 1. The molecule has 10 nitrogen and oxygen atoms in total. The maximum atomic E-state index is 14.2. The van der Waals surface area contributed by atoms with Crippen molar-refractivity contribution in [2.45, 2.75) is 65.5 Å². The van der Waals surface area contributed by atoms with Crippen molar-refractivity contribution in [2.75, 3.05) is 7.11 Å². The van der Waals surface area contributed by atoms with E-state index in [2.05, 4.69) is 13.5 Å². The fourth-order valence-electron chi connectivity index (χ4n) is 7.45. The Morgan fingerprint density at radius 1 is 1.11 bits per heavy atom. The Bertz CT molecular complexity index is 1910. The third kappa shape index (κ3) is 4.82. The van der Waals surface area contributed by atoms with E-state index < -0.39 is 35.2 Å². The van der Waals surface area contributed by atoms with E-state index in [9.17, 15) is 19.5 Å². The van der Waals surface area contributed by atoms with Crippen LogP contribution in [0.15, 0.2) is 34.8 Å². The van der Waals surface area contributed by atoms with E-state index in [0.717, 1.165) is 45.1 Å². The van der Waals surface area contributed by atoms with Crippen molar-refractivity contribution in [3.63, 3.8) is 0 Å². The maximum Gasteiger partial charge on any atom is 2.00 e. The van der Waals surface area contributed by atoms with Crippen LogP contribution in [0.4, 0.5) is 0 Å². The molecule has 0 saturated carbocycles. The van der Waals surface area contributed by atoms with Crippen molar-refractivity contribution in [2.24, 2.45) is 23.5 Å². The summed E-state index contributed by atoms with van der Waals surface area (Å²) in [6.07, 6.45) is 8.41. The molecule has 2 aromatic rings. The normalized spacial score (nSPS) is 28.7. The number of ether oxygens (including phenoxy) is 1. The summed E-state index contributed by atoms with van der Waals surface area (Å²) < 4.78 is 5.13. The smallest absolute Gasteiger partial charge is 0.681 e. The third-order valence-electron chi connectivity index (χ3n) is 10.1. The second-order valence-corrected chi connectivity index (χ2v) is 12.3. The van der Waals surface area contributed by atoms with Crippen molar-refractivity contribution in [1.29, 1.82) is 0 Å². The summed E-state index contributed by atoms with van der Waals surface area (Å²) in [5.41, 5.74) is 13.0. The van der Waals surface area contributed by atoms with Gasteiger partial charge in [0.15, 0.2) is 5.78 Å². The molecule has 4 aliphatic rings. The second kappa shape index (κ2) is 12.1. The quantitative estimate of drug-likeness (QED) is 0.279. The number of carboxylic acids is 1. The first-order chi connectivity index (χ1) is 21.4. The molecule has 3 aliphatic heterocycles. The number of ketones is 1. The van der Waals surface area contributed by atoms with Crippen molar-refractivity contribution in [3.05, 3.63) is 89.8 Å². The number of carboxylic acid groups (broad SMARTS) is 1. The maximum absolute atomic E-state index is 14.2. The van der Waals surface area contributed by atoms with Gasteiger partial charge in [0.1, 0.15) is 11.5 Å². The monoisotopic (exact) mass is 631 g/mol. The van der Waals surface area contributed by atoms with E-state index in [0.29, 0.717) is 28.2 Å². The van der Waals surface area contributed by atoms with Crippen molar-refractivity contribution < 1.29 is 24.2 Å². The summed E-state index contributed by atoms with van der Waals surface area (Å²) in [7, 11) is 1.23. The van der Waals surface area contributed by atoms with Crippen molar-refractivity contribution in [1.82, 2.24) is 9.97 Å². The molecule has 11 heteroatoms. The van der Waals surface area contributed by atoms with Gasteiger partial charge < -0.3 is 36.2 Å². The summed E-state index contributed by atoms with van der Waals surface area (Å²) in [4.78, 5) is 49.2. The van der Waals surface area contributed by atoms with Crippen LogP contribution in [-0.2, 0) is 25.5 Å². The van der Waals surface area contributed by atoms with Gasteiger partial charge in [0.2, 0.25) is 0 Å². The molecule has 0 aromatic carbocycles. The number of nitrogens with two attached hydrogens (primary N) is 1. The number of nitrogens with zero attached hydrogens (tertiary/aromatic N) is 4. The Kier molecular flexibility index (Phi) is 8.82. The topological polar surface area (TPSA) is 163 Å². The molecule has 8 bridgehead atoms. The van der Waals surface area contributed by atoms with Gasteiger partial charge in [-0.2, -0.15) is 5.70 Å². The largest absolute Gasteiger partial charge is 2.00 e. The van der Waals surface area contributed by atoms with E-state index in [4.69, 9.17) is 31.1 Å². The number of methoxy groups -OCH3 is 1. The van der Waals surface area contributed by atoms with Crippen LogP contribution >= 0.6 is 0 Å². The number of aromatic nitrogens is 2. The zero-order valence-corrected chi connectivity index (χ0v) is 28.5. The minimum Gasteiger partial charge on any atom is -0.681 e. The summed E-state index contributed by atoms with van der Waals surface area (Å²) in [6.45, 7) is 13.9. The summed E-state index contributed by atoms with van der Waals surface area (Å²) in [5.74, 6) is -4.08. The molecule has 46 heavy (non-hydrogen) atoms. The Morgan fingerprint density at radius 3 is 2.46 bits per heavy atom. The number of hydrogen-bond acceptors (Lipinski definition) is 5. The molecule has 1 aliphatic carbocycles. The Labute approximate surface area is 284 Å². The minimum absolute atomic E-state index is 0. The molecule has 3 N–H and O–H groups in total. The average molecular weight is 632 g/mol. The van der Waals surface area contributed by atoms with E-state index in [-0.39, 0.29) is 53.4 Å². The molecule has 1 saturated heterocycles. The molecule has 5 atom stereocenters. The molecular weight excluding hydrogens is 595 g/mol. The Morgan fingerprint density at radius 2 is 1.83 bits per heavy atom. The fraction of sp³-hybridized carbons (Fsp3) is 0.400. The van der Waals surface area contributed by atoms with E-state index in [1.54, 1.807) is 13.0 Å². The van der Waals surface area contributed by atoms with Gasteiger partial charge in [0.05, 0.1) is 7.11 Å². The molecule has 1 unspecified atom stereocenters. The number of fused-ring (bicyclic) bond motifs is 8. The van der Waals surface area contributed by atoms with Gasteiger partial charge >= 0.3 is 35.0 Å². The minimum atomic E-state index is -1.66. The SMILES string of the molecule is C=Cc1c2[n-]c(c1C)/C=C1\[N-]C(C3=C4[N-]C(=C(C)[C@@]4(N)C(=O)[C@@H]3C(=O)OC)/C=c3\[n-]/c(c(C)c3CC)=C\2)[C@@H](CCC(=O)O)[C@@H]1C.[Mg+2]. The standard InChI is InChI=1S/C35H37N5O5.Mg/c1-8-19-15(3)22-12-24-17(5)21(10-11-28(41)42)31(39-24)29-30(34(44)45-7)33(43)35(36)18(6)25(40-32(29)35)14-27-20(9-2)16(4)23(38-27)13-26(19)37-22;/h8,12-14,17,21,30-31H,1,9-11,36H2,2-7H3,(H,41,42);/q-4;+2/b23-13-,24-12-,27-14-;/t17-,21-,30+,31?,35-;/m0./s1. The molecule has 236 valence electrons. The Hall–Kier alpha value is -3.80. The van der Waals surface area contributed by atoms with Gasteiger partial charge in [0.25, 0.3) is 0 Å².